The third-order valence-electron chi connectivity index (χ3n) is 3.60. The summed E-state index contributed by atoms with van der Waals surface area (Å²) in [5.41, 5.74) is 1.60. The highest BCUT2D eigenvalue weighted by atomic mass is 35.5. The number of hydrogen-bond acceptors (Lipinski definition) is 4. The molecular formula is C17H15Cl2N3O2. The molecule has 0 aliphatic heterocycles. The Kier molecular flexibility index (Phi) is 5.02. The van der Waals surface area contributed by atoms with Crippen molar-refractivity contribution < 1.29 is 4.52 Å². The van der Waals surface area contributed by atoms with Gasteiger partial charge in [0.15, 0.2) is 5.82 Å². The van der Waals surface area contributed by atoms with E-state index < -0.39 is 0 Å². The molecular weight excluding hydrogens is 349 g/mol. The lowest BCUT2D eigenvalue weighted by molar-refractivity contribution is 0.364. The zero-order valence-corrected chi connectivity index (χ0v) is 14.5. The van der Waals surface area contributed by atoms with E-state index in [4.69, 9.17) is 27.7 Å². The fourth-order valence-corrected chi connectivity index (χ4v) is 2.77. The molecule has 0 radical (unpaired) electrons. The van der Waals surface area contributed by atoms with Crippen molar-refractivity contribution in [3.05, 3.63) is 79.8 Å². The molecule has 0 aliphatic rings. The van der Waals surface area contributed by atoms with E-state index in [-0.39, 0.29) is 12.1 Å². The lowest BCUT2D eigenvalue weighted by atomic mass is 10.1. The second-order valence-electron chi connectivity index (χ2n) is 5.51. The van der Waals surface area contributed by atoms with Gasteiger partial charge in [-0.2, -0.15) is 4.98 Å². The summed E-state index contributed by atoms with van der Waals surface area (Å²) in [6.07, 6.45) is 3.00. The number of benzene rings is 1. The molecule has 2 aromatic heterocycles. The highest BCUT2D eigenvalue weighted by Gasteiger charge is 2.10. The standard InChI is InChI=1S/C17H15Cl2N3O2/c1-11-8-14(19)9-22(17(11)23)10-16-20-15(21-24-16)7-4-12-2-5-13(18)6-3-12/h2-3,5-6,8-9H,4,7,10H2,1H3. The molecule has 2 heterocycles. The average molecular weight is 364 g/mol. The number of pyridine rings is 1. The molecule has 0 bridgehead atoms. The van der Waals surface area contributed by atoms with Gasteiger partial charge in [0.2, 0.25) is 5.89 Å². The van der Waals surface area contributed by atoms with Gasteiger partial charge in [0.25, 0.3) is 5.56 Å². The average Bonchev–Trinajstić information content (AvgIpc) is 2.99. The van der Waals surface area contributed by atoms with Gasteiger partial charge in [-0.1, -0.05) is 40.5 Å². The van der Waals surface area contributed by atoms with E-state index >= 15 is 0 Å². The molecule has 124 valence electrons. The maximum atomic E-state index is 12.1. The molecule has 0 aliphatic carbocycles. The summed E-state index contributed by atoms with van der Waals surface area (Å²) in [5.74, 6) is 0.983. The predicted molar refractivity (Wildman–Crippen MR) is 92.7 cm³/mol. The van der Waals surface area contributed by atoms with E-state index in [2.05, 4.69) is 10.1 Å². The van der Waals surface area contributed by atoms with E-state index in [9.17, 15) is 4.79 Å². The Labute approximate surface area is 148 Å². The number of halogens is 2. The molecule has 1 aromatic carbocycles. The first-order valence-corrected chi connectivity index (χ1v) is 8.19. The van der Waals surface area contributed by atoms with Gasteiger partial charge in [-0.3, -0.25) is 4.79 Å². The molecule has 24 heavy (non-hydrogen) atoms. The van der Waals surface area contributed by atoms with Crippen LogP contribution in [0.15, 0.2) is 45.8 Å². The smallest absolute Gasteiger partial charge is 0.254 e. The number of hydrogen-bond donors (Lipinski definition) is 0. The zero-order valence-electron chi connectivity index (χ0n) is 13.0. The Morgan fingerprint density at radius 3 is 2.62 bits per heavy atom. The first kappa shape index (κ1) is 16.7. The zero-order chi connectivity index (χ0) is 17.1. The van der Waals surface area contributed by atoms with E-state index in [1.165, 1.54) is 4.57 Å². The van der Waals surface area contributed by atoms with Crippen LogP contribution in [0.3, 0.4) is 0 Å². The maximum absolute atomic E-state index is 12.1. The molecule has 3 aromatic rings. The molecule has 7 heteroatoms. The monoisotopic (exact) mass is 363 g/mol. The van der Waals surface area contributed by atoms with Crippen LogP contribution in [-0.4, -0.2) is 14.7 Å². The minimum atomic E-state index is -0.125. The van der Waals surface area contributed by atoms with Gasteiger partial charge in [-0.05, 0) is 37.1 Å². The third-order valence-corrected chi connectivity index (χ3v) is 4.06. The summed E-state index contributed by atoms with van der Waals surface area (Å²) in [6.45, 7) is 1.92. The molecule has 0 atom stereocenters. The molecule has 0 saturated carbocycles. The van der Waals surface area contributed by atoms with Crippen molar-refractivity contribution in [1.82, 2.24) is 14.7 Å². The Bertz CT molecular complexity index is 901. The van der Waals surface area contributed by atoms with Crippen LogP contribution in [0.4, 0.5) is 0 Å². The Morgan fingerprint density at radius 2 is 1.88 bits per heavy atom. The number of aromatic nitrogens is 3. The summed E-state index contributed by atoms with van der Waals surface area (Å²) < 4.78 is 6.69. The van der Waals surface area contributed by atoms with Crippen LogP contribution in [0.2, 0.25) is 10.0 Å². The van der Waals surface area contributed by atoms with Crippen molar-refractivity contribution in [2.24, 2.45) is 0 Å². The van der Waals surface area contributed by atoms with E-state index in [0.717, 1.165) is 12.0 Å². The molecule has 3 rings (SSSR count). The van der Waals surface area contributed by atoms with Crippen molar-refractivity contribution in [2.75, 3.05) is 0 Å². The lowest BCUT2D eigenvalue weighted by Gasteiger charge is -2.04. The number of rotatable bonds is 5. The quantitative estimate of drug-likeness (QED) is 0.693. The van der Waals surface area contributed by atoms with E-state index in [1.807, 2.05) is 24.3 Å². The predicted octanol–water partition coefficient (Wildman–Crippen LogP) is 3.68. The molecule has 0 unspecified atom stereocenters. The van der Waals surface area contributed by atoms with Crippen molar-refractivity contribution in [2.45, 2.75) is 26.3 Å². The minimum Gasteiger partial charge on any atom is -0.337 e. The summed E-state index contributed by atoms with van der Waals surface area (Å²) in [4.78, 5) is 16.4. The topological polar surface area (TPSA) is 60.9 Å². The fraction of sp³-hybridized carbons (Fsp3) is 0.235. The van der Waals surface area contributed by atoms with Crippen LogP contribution >= 0.6 is 23.2 Å². The molecule has 0 amide bonds. The normalized spacial score (nSPS) is 11.0. The van der Waals surface area contributed by atoms with Crippen LogP contribution < -0.4 is 5.56 Å². The van der Waals surface area contributed by atoms with Crippen LogP contribution in [0.5, 0.6) is 0 Å². The summed E-state index contributed by atoms with van der Waals surface area (Å²) >= 11 is 11.9. The van der Waals surface area contributed by atoms with Gasteiger partial charge in [0.1, 0.15) is 6.54 Å². The van der Waals surface area contributed by atoms with Crippen molar-refractivity contribution in [3.8, 4) is 0 Å². The molecule has 0 spiro atoms. The summed E-state index contributed by atoms with van der Waals surface area (Å²) in [7, 11) is 0. The second-order valence-corrected chi connectivity index (χ2v) is 6.38. The minimum absolute atomic E-state index is 0.125. The third kappa shape index (κ3) is 4.04. The fourth-order valence-electron chi connectivity index (χ4n) is 2.37. The molecule has 0 N–H and O–H groups in total. The lowest BCUT2D eigenvalue weighted by Crippen LogP contribution is -2.22. The van der Waals surface area contributed by atoms with E-state index in [1.54, 1.807) is 19.2 Å². The van der Waals surface area contributed by atoms with Crippen LogP contribution in [0.1, 0.15) is 22.8 Å². The summed E-state index contributed by atoms with van der Waals surface area (Å²) in [5, 5.41) is 5.16. The van der Waals surface area contributed by atoms with Crippen LogP contribution in [-0.2, 0) is 19.4 Å². The van der Waals surface area contributed by atoms with Crippen LogP contribution in [0.25, 0.3) is 0 Å². The summed E-state index contributed by atoms with van der Waals surface area (Å²) in [6, 6.07) is 9.28. The van der Waals surface area contributed by atoms with Gasteiger partial charge >= 0.3 is 0 Å². The Balaban J connectivity index is 1.67. The Hall–Kier alpha value is -2.11. The van der Waals surface area contributed by atoms with Gasteiger partial charge in [-0.15, -0.1) is 0 Å². The van der Waals surface area contributed by atoms with Gasteiger partial charge in [-0.25, -0.2) is 0 Å². The maximum Gasteiger partial charge on any atom is 0.254 e. The molecule has 0 fully saturated rings. The highest BCUT2D eigenvalue weighted by Crippen LogP contribution is 2.12. The Morgan fingerprint density at radius 1 is 1.12 bits per heavy atom. The van der Waals surface area contributed by atoms with Crippen molar-refractivity contribution in [1.29, 1.82) is 0 Å². The second kappa shape index (κ2) is 7.20. The number of aryl methyl sites for hydroxylation is 3. The van der Waals surface area contributed by atoms with Crippen molar-refractivity contribution >= 4 is 23.2 Å². The largest absolute Gasteiger partial charge is 0.337 e. The van der Waals surface area contributed by atoms with Gasteiger partial charge in [0, 0.05) is 23.2 Å². The van der Waals surface area contributed by atoms with Crippen molar-refractivity contribution in [3.63, 3.8) is 0 Å². The highest BCUT2D eigenvalue weighted by molar-refractivity contribution is 6.30. The SMILES string of the molecule is Cc1cc(Cl)cn(Cc2nc(CCc3ccc(Cl)cc3)no2)c1=O. The molecule has 5 nitrogen and oxygen atoms in total. The number of nitrogens with zero attached hydrogens (tertiary/aromatic N) is 3. The first-order chi connectivity index (χ1) is 11.5. The van der Waals surface area contributed by atoms with E-state index in [0.29, 0.717) is 33.7 Å². The van der Waals surface area contributed by atoms with Crippen LogP contribution in [0, 0.1) is 6.92 Å². The molecule has 0 saturated heterocycles. The first-order valence-electron chi connectivity index (χ1n) is 7.44. The van der Waals surface area contributed by atoms with Gasteiger partial charge in [0.05, 0.1) is 5.02 Å². The van der Waals surface area contributed by atoms with Gasteiger partial charge < -0.3 is 9.09 Å².